The van der Waals surface area contributed by atoms with E-state index < -0.39 is 6.61 Å². The molecular formula is C12H15F2NO2. The maximum Gasteiger partial charge on any atom is 0.387 e. The number of benzene rings is 1. The average molecular weight is 243 g/mol. The van der Waals surface area contributed by atoms with Gasteiger partial charge in [-0.1, -0.05) is 18.2 Å². The predicted octanol–water partition coefficient (Wildman–Crippen LogP) is 1.71. The number of aliphatic hydroxyl groups excluding tert-OH is 1. The number of hydrogen-bond donors (Lipinski definition) is 2. The summed E-state index contributed by atoms with van der Waals surface area (Å²) in [5.41, 5.74) is 5.95. The van der Waals surface area contributed by atoms with Gasteiger partial charge in [0.2, 0.25) is 0 Å². The molecule has 1 aromatic carbocycles. The maximum absolute atomic E-state index is 12.2. The first-order chi connectivity index (χ1) is 8.13. The molecule has 2 unspecified atom stereocenters. The first kappa shape index (κ1) is 12.3. The SMILES string of the molecule is NCC1(CO)CC1c1ccccc1OC(F)F. The molecule has 1 fully saturated rings. The van der Waals surface area contributed by atoms with Crippen molar-refractivity contribution in [1.29, 1.82) is 0 Å². The van der Waals surface area contributed by atoms with Crippen molar-refractivity contribution in [3.8, 4) is 5.75 Å². The van der Waals surface area contributed by atoms with Gasteiger partial charge in [-0.05, 0) is 24.0 Å². The Kier molecular flexibility index (Phi) is 3.31. The van der Waals surface area contributed by atoms with E-state index in [1.54, 1.807) is 18.2 Å². The molecular weight excluding hydrogens is 228 g/mol. The lowest BCUT2D eigenvalue weighted by Crippen LogP contribution is -2.21. The van der Waals surface area contributed by atoms with Gasteiger partial charge in [-0.3, -0.25) is 0 Å². The van der Waals surface area contributed by atoms with Gasteiger partial charge >= 0.3 is 6.61 Å². The standard InChI is InChI=1S/C12H15F2NO2/c13-11(14)17-10-4-2-1-3-8(10)9-5-12(9,6-15)7-16/h1-4,9,11,16H,5-7,15H2. The molecule has 1 saturated carbocycles. The van der Waals surface area contributed by atoms with E-state index in [4.69, 9.17) is 5.73 Å². The lowest BCUT2D eigenvalue weighted by atomic mass is 9.99. The fourth-order valence-electron chi connectivity index (χ4n) is 2.22. The molecule has 94 valence electrons. The van der Waals surface area contributed by atoms with Crippen LogP contribution in [-0.4, -0.2) is 24.9 Å². The van der Waals surface area contributed by atoms with Gasteiger partial charge in [0.1, 0.15) is 5.75 Å². The van der Waals surface area contributed by atoms with Crippen LogP contribution in [0.15, 0.2) is 24.3 Å². The van der Waals surface area contributed by atoms with Crippen molar-refractivity contribution < 1.29 is 18.6 Å². The van der Waals surface area contributed by atoms with Gasteiger partial charge in [-0.2, -0.15) is 8.78 Å². The van der Waals surface area contributed by atoms with Gasteiger partial charge < -0.3 is 15.6 Å². The van der Waals surface area contributed by atoms with Crippen molar-refractivity contribution in [1.82, 2.24) is 0 Å². The van der Waals surface area contributed by atoms with Crippen LogP contribution in [0.3, 0.4) is 0 Å². The Morgan fingerprint density at radius 3 is 2.71 bits per heavy atom. The average Bonchev–Trinajstić information content (AvgIpc) is 3.04. The van der Waals surface area contributed by atoms with Crippen molar-refractivity contribution in [2.24, 2.45) is 11.1 Å². The highest BCUT2D eigenvalue weighted by atomic mass is 19.3. The number of ether oxygens (including phenoxy) is 1. The van der Waals surface area contributed by atoms with Crippen LogP contribution >= 0.6 is 0 Å². The highest BCUT2D eigenvalue weighted by Gasteiger charge is 2.54. The van der Waals surface area contributed by atoms with Crippen molar-refractivity contribution in [3.63, 3.8) is 0 Å². The lowest BCUT2D eigenvalue weighted by molar-refractivity contribution is -0.0505. The van der Waals surface area contributed by atoms with E-state index in [1.807, 2.05) is 0 Å². The minimum atomic E-state index is -2.84. The summed E-state index contributed by atoms with van der Waals surface area (Å²) in [6.45, 7) is -2.52. The van der Waals surface area contributed by atoms with Gasteiger partial charge in [0.15, 0.2) is 0 Å². The third-order valence-electron chi connectivity index (χ3n) is 3.42. The summed E-state index contributed by atoms with van der Waals surface area (Å²) >= 11 is 0. The predicted molar refractivity (Wildman–Crippen MR) is 59.0 cm³/mol. The first-order valence-electron chi connectivity index (χ1n) is 5.47. The minimum absolute atomic E-state index is 0.00690. The molecule has 17 heavy (non-hydrogen) atoms. The Labute approximate surface area is 98.2 Å². The number of halogens is 2. The second-order valence-electron chi connectivity index (χ2n) is 4.40. The summed E-state index contributed by atoms with van der Waals surface area (Å²) in [4.78, 5) is 0. The molecule has 0 bridgehead atoms. The molecule has 5 heteroatoms. The Balaban J connectivity index is 2.22. The maximum atomic E-state index is 12.2. The number of rotatable bonds is 5. The van der Waals surface area contributed by atoms with E-state index in [1.165, 1.54) is 6.07 Å². The highest BCUT2D eigenvalue weighted by Crippen LogP contribution is 2.60. The van der Waals surface area contributed by atoms with E-state index >= 15 is 0 Å². The highest BCUT2D eigenvalue weighted by molar-refractivity contribution is 5.42. The molecule has 0 saturated heterocycles. The Morgan fingerprint density at radius 2 is 2.18 bits per heavy atom. The van der Waals surface area contributed by atoms with Gasteiger partial charge in [-0.25, -0.2) is 0 Å². The second-order valence-corrected chi connectivity index (χ2v) is 4.40. The molecule has 1 aromatic rings. The summed E-state index contributed by atoms with van der Waals surface area (Å²) in [6, 6.07) is 6.67. The Morgan fingerprint density at radius 1 is 1.47 bits per heavy atom. The molecule has 0 aromatic heterocycles. The van der Waals surface area contributed by atoms with E-state index in [2.05, 4.69) is 4.74 Å². The third kappa shape index (κ3) is 2.25. The molecule has 2 atom stereocenters. The first-order valence-corrected chi connectivity index (χ1v) is 5.47. The van der Waals surface area contributed by atoms with E-state index in [0.29, 0.717) is 18.5 Å². The number of aliphatic hydroxyl groups is 1. The zero-order chi connectivity index (χ0) is 12.5. The lowest BCUT2D eigenvalue weighted by Gasteiger charge is -2.14. The summed E-state index contributed by atoms with van der Waals surface area (Å²) in [5, 5.41) is 9.29. The smallest absolute Gasteiger partial charge is 0.387 e. The molecule has 0 spiro atoms. The van der Waals surface area contributed by atoms with E-state index in [-0.39, 0.29) is 23.7 Å². The monoisotopic (exact) mass is 243 g/mol. The normalized spacial score (nSPS) is 27.2. The summed E-state index contributed by atoms with van der Waals surface area (Å²) in [6.07, 6.45) is 0.712. The zero-order valence-corrected chi connectivity index (χ0v) is 9.27. The third-order valence-corrected chi connectivity index (χ3v) is 3.42. The van der Waals surface area contributed by atoms with Gasteiger partial charge in [0.25, 0.3) is 0 Å². The number of alkyl halides is 2. The van der Waals surface area contributed by atoms with Crippen molar-refractivity contribution >= 4 is 0 Å². The van der Waals surface area contributed by atoms with Crippen molar-refractivity contribution in [2.45, 2.75) is 19.0 Å². The molecule has 0 radical (unpaired) electrons. The zero-order valence-electron chi connectivity index (χ0n) is 9.27. The number of nitrogens with two attached hydrogens (primary N) is 1. The van der Waals surface area contributed by atoms with Gasteiger partial charge in [0.05, 0.1) is 6.61 Å². The second kappa shape index (κ2) is 4.58. The topological polar surface area (TPSA) is 55.5 Å². The van der Waals surface area contributed by atoms with E-state index in [9.17, 15) is 13.9 Å². The van der Waals surface area contributed by atoms with Crippen molar-refractivity contribution in [2.75, 3.05) is 13.2 Å². The Hall–Kier alpha value is -1.20. The van der Waals surface area contributed by atoms with Gasteiger partial charge in [0, 0.05) is 12.0 Å². The molecule has 0 amide bonds. The molecule has 2 rings (SSSR count). The molecule has 1 aliphatic carbocycles. The van der Waals surface area contributed by atoms with Crippen LogP contribution in [0.25, 0.3) is 0 Å². The number of para-hydroxylation sites is 1. The summed E-state index contributed by atoms with van der Waals surface area (Å²) < 4.78 is 29.0. The van der Waals surface area contributed by atoms with Crippen LogP contribution in [0.2, 0.25) is 0 Å². The summed E-state index contributed by atoms with van der Waals surface area (Å²) in [5.74, 6) is 0.184. The quantitative estimate of drug-likeness (QED) is 0.827. The van der Waals surface area contributed by atoms with Crippen LogP contribution in [-0.2, 0) is 0 Å². The number of hydrogen-bond acceptors (Lipinski definition) is 3. The molecule has 0 heterocycles. The molecule has 3 N–H and O–H groups in total. The molecule has 3 nitrogen and oxygen atoms in total. The van der Waals surface area contributed by atoms with E-state index in [0.717, 1.165) is 0 Å². The minimum Gasteiger partial charge on any atom is -0.435 e. The van der Waals surface area contributed by atoms with Crippen LogP contribution in [0.5, 0.6) is 5.75 Å². The van der Waals surface area contributed by atoms with Crippen LogP contribution < -0.4 is 10.5 Å². The molecule has 0 aliphatic heterocycles. The van der Waals surface area contributed by atoms with Crippen LogP contribution in [0.4, 0.5) is 8.78 Å². The molecule has 1 aliphatic rings. The van der Waals surface area contributed by atoms with Gasteiger partial charge in [-0.15, -0.1) is 0 Å². The Bertz CT molecular complexity index is 394. The fourth-order valence-corrected chi connectivity index (χ4v) is 2.22. The largest absolute Gasteiger partial charge is 0.435 e. The summed E-state index contributed by atoms with van der Waals surface area (Å²) in [7, 11) is 0. The van der Waals surface area contributed by atoms with Crippen LogP contribution in [0, 0.1) is 5.41 Å². The fraction of sp³-hybridized carbons (Fsp3) is 0.500. The van der Waals surface area contributed by atoms with Crippen molar-refractivity contribution in [3.05, 3.63) is 29.8 Å². The van der Waals surface area contributed by atoms with Crippen LogP contribution in [0.1, 0.15) is 17.9 Å².